The highest BCUT2D eigenvalue weighted by molar-refractivity contribution is 6.30. The lowest BCUT2D eigenvalue weighted by Crippen LogP contribution is -2.52. The Morgan fingerprint density at radius 1 is 1.07 bits per heavy atom. The fourth-order valence-corrected chi connectivity index (χ4v) is 4.02. The Morgan fingerprint density at radius 2 is 1.66 bits per heavy atom. The molecule has 0 radical (unpaired) electrons. The molecular weight excluding hydrogens is 396 g/mol. The standard InChI is InChI=1S/C22H27ClO6/c1-5-27-19(24)11-10-17-14(4)22(20(25)28-6-2,21(26)29-7-3)13-15-8-9-16(23)12-18(15)17/h8-12,14,17H,5-7,13H2,1-4H3/b11-10+/t14-,17-/m0/s1. The zero-order valence-electron chi connectivity index (χ0n) is 17.2. The van der Waals surface area contributed by atoms with Crippen LogP contribution in [0.15, 0.2) is 30.4 Å². The van der Waals surface area contributed by atoms with Crippen LogP contribution in [0.1, 0.15) is 44.7 Å². The van der Waals surface area contributed by atoms with Crippen LogP contribution < -0.4 is 0 Å². The Hall–Kier alpha value is -2.34. The van der Waals surface area contributed by atoms with Crippen molar-refractivity contribution in [2.75, 3.05) is 19.8 Å². The maximum Gasteiger partial charge on any atom is 0.330 e. The van der Waals surface area contributed by atoms with Crippen LogP contribution in [-0.2, 0) is 35.0 Å². The number of carbonyl (C=O) groups is 3. The summed E-state index contributed by atoms with van der Waals surface area (Å²) in [5.41, 5.74) is 0.123. The Kier molecular flexibility index (Phi) is 7.85. The van der Waals surface area contributed by atoms with Gasteiger partial charge in [-0.05, 0) is 56.4 Å². The van der Waals surface area contributed by atoms with Crippen molar-refractivity contribution in [1.29, 1.82) is 0 Å². The third-order valence-corrected chi connectivity index (χ3v) is 5.49. The Balaban J connectivity index is 2.62. The summed E-state index contributed by atoms with van der Waals surface area (Å²) in [4.78, 5) is 38.0. The first-order chi connectivity index (χ1) is 13.8. The van der Waals surface area contributed by atoms with E-state index in [-0.39, 0.29) is 26.2 Å². The minimum absolute atomic E-state index is 0.141. The normalized spacial score (nSPS) is 20.0. The fraction of sp³-hybridized carbons (Fsp3) is 0.500. The Morgan fingerprint density at radius 3 is 2.21 bits per heavy atom. The zero-order chi connectivity index (χ0) is 21.6. The molecule has 0 N–H and O–H groups in total. The molecule has 158 valence electrons. The van der Waals surface area contributed by atoms with E-state index in [1.165, 1.54) is 6.08 Å². The molecule has 29 heavy (non-hydrogen) atoms. The summed E-state index contributed by atoms with van der Waals surface area (Å²) >= 11 is 6.20. The number of hydrogen-bond donors (Lipinski definition) is 0. The molecular formula is C22H27ClO6. The summed E-state index contributed by atoms with van der Waals surface area (Å²) in [7, 11) is 0. The summed E-state index contributed by atoms with van der Waals surface area (Å²) < 4.78 is 15.6. The molecule has 0 bridgehead atoms. The van der Waals surface area contributed by atoms with Crippen molar-refractivity contribution >= 4 is 29.5 Å². The number of halogens is 1. The maximum absolute atomic E-state index is 13.0. The van der Waals surface area contributed by atoms with Crippen LogP contribution in [0.4, 0.5) is 0 Å². The molecule has 7 heteroatoms. The number of hydrogen-bond acceptors (Lipinski definition) is 6. The number of fused-ring (bicyclic) bond motifs is 1. The molecule has 1 aliphatic rings. The number of rotatable bonds is 7. The van der Waals surface area contributed by atoms with E-state index in [0.717, 1.165) is 11.1 Å². The number of esters is 3. The second kappa shape index (κ2) is 9.92. The van der Waals surface area contributed by atoms with Crippen LogP contribution in [0.25, 0.3) is 0 Å². The van der Waals surface area contributed by atoms with E-state index < -0.39 is 35.2 Å². The van der Waals surface area contributed by atoms with Gasteiger partial charge in [0.1, 0.15) is 0 Å². The number of allylic oxidation sites excluding steroid dienone is 1. The molecule has 0 fully saturated rings. The Bertz CT molecular complexity index is 782. The molecule has 0 unspecified atom stereocenters. The predicted molar refractivity (Wildman–Crippen MR) is 109 cm³/mol. The average molecular weight is 423 g/mol. The lowest BCUT2D eigenvalue weighted by atomic mass is 9.60. The number of benzene rings is 1. The van der Waals surface area contributed by atoms with E-state index >= 15 is 0 Å². The Labute approximate surface area is 176 Å². The zero-order valence-corrected chi connectivity index (χ0v) is 18.0. The van der Waals surface area contributed by atoms with Crippen molar-refractivity contribution in [3.8, 4) is 0 Å². The topological polar surface area (TPSA) is 78.9 Å². The molecule has 6 nitrogen and oxygen atoms in total. The van der Waals surface area contributed by atoms with Gasteiger partial charge in [-0.2, -0.15) is 0 Å². The third-order valence-electron chi connectivity index (χ3n) is 5.26. The van der Waals surface area contributed by atoms with Crippen LogP contribution >= 0.6 is 11.6 Å². The largest absolute Gasteiger partial charge is 0.465 e. The van der Waals surface area contributed by atoms with Gasteiger partial charge in [-0.1, -0.05) is 30.7 Å². The lowest BCUT2D eigenvalue weighted by molar-refractivity contribution is -0.177. The molecule has 0 amide bonds. The van der Waals surface area contributed by atoms with Crippen LogP contribution in [-0.4, -0.2) is 37.7 Å². The SMILES string of the molecule is CCOC(=O)/C=C/[C@@H]1c2cc(Cl)ccc2CC(C(=O)OCC)(C(=O)OCC)[C@H]1C. The molecule has 0 saturated carbocycles. The summed E-state index contributed by atoms with van der Waals surface area (Å²) in [6.07, 6.45) is 3.12. The van der Waals surface area contributed by atoms with E-state index in [2.05, 4.69) is 0 Å². The molecule has 0 spiro atoms. The van der Waals surface area contributed by atoms with Crippen LogP contribution in [0.3, 0.4) is 0 Å². The van der Waals surface area contributed by atoms with E-state index in [1.54, 1.807) is 52.0 Å². The molecule has 1 aliphatic carbocycles. The molecule has 2 rings (SSSR count). The van der Waals surface area contributed by atoms with E-state index in [4.69, 9.17) is 25.8 Å². The highest BCUT2D eigenvalue weighted by Gasteiger charge is 2.57. The van der Waals surface area contributed by atoms with Crippen LogP contribution in [0.2, 0.25) is 5.02 Å². The fourth-order valence-electron chi connectivity index (χ4n) is 3.84. The van der Waals surface area contributed by atoms with Crippen molar-refractivity contribution < 1.29 is 28.6 Å². The molecule has 0 saturated heterocycles. The predicted octanol–water partition coefficient (Wildman–Crippen LogP) is 3.85. The first-order valence-corrected chi connectivity index (χ1v) is 10.2. The molecule has 0 aromatic heterocycles. The first-order valence-electron chi connectivity index (χ1n) is 9.79. The van der Waals surface area contributed by atoms with Crippen LogP contribution in [0, 0.1) is 11.3 Å². The van der Waals surface area contributed by atoms with Crippen molar-refractivity contribution in [3.05, 3.63) is 46.5 Å². The van der Waals surface area contributed by atoms with Gasteiger partial charge in [0.25, 0.3) is 0 Å². The van der Waals surface area contributed by atoms with Gasteiger partial charge < -0.3 is 14.2 Å². The summed E-state index contributed by atoms with van der Waals surface area (Å²) in [6.45, 7) is 7.43. The average Bonchev–Trinajstić information content (AvgIpc) is 2.67. The van der Waals surface area contributed by atoms with Crippen molar-refractivity contribution in [2.45, 2.75) is 40.0 Å². The molecule has 0 aliphatic heterocycles. The van der Waals surface area contributed by atoms with Crippen molar-refractivity contribution in [1.82, 2.24) is 0 Å². The number of ether oxygens (including phenoxy) is 3. The van der Waals surface area contributed by atoms with E-state index in [0.29, 0.717) is 5.02 Å². The summed E-state index contributed by atoms with van der Waals surface area (Å²) in [5.74, 6) is -2.71. The minimum atomic E-state index is -1.52. The maximum atomic E-state index is 13.0. The number of carbonyl (C=O) groups excluding carboxylic acids is 3. The van der Waals surface area contributed by atoms with Gasteiger partial charge in [-0.3, -0.25) is 9.59 Å². The van der Waals surface area contributed by atoms with Gasteiger partial charge in [0, 0.05) is 17.0 Å². The molecule has 1 aromatic rings. The smallest absolute Gasteiger partial charge is 0.330 e. The third kappa shape index (κ3) is 4.64. The van der Waals surface area contributed by atoms with Crippen molar-refractivity contribution in [2.24, 2.45) is 11.3 Å². The summed E-state index contributed by atoms with van der Waals surface area (Å²) in [5, 5.41) is 0.533. The minimum Gasteiger partial charge on any atom is -0.465 e. The van der Waals surface area contributed by atoms with Crippen molar-refractivity contribution in [3.63, 3.8) is 0 Å². The highest BCUT2D eigenvalue weighted by Crippen LogP contribution is 2.49. The molecule has 2 atom stereocenters. The lowest BCUT2D eigenvalue weighted by Gasteiger charge is -2.42. The van der Waals surface area contributed by atoms with Gasteiger partial charge >= 0.3 is 17.9 Å². The van der Waals surface area contributed by atoms with Gasteiger partial charge in [0.2, 0.25) is 0 Å². The first kappa shape index (κ1) is 22.9. The van der Waals surface area contributed by atoms with E-state index in [9.17, 15) is 14.4 Å². The second-order valence-electron chi connectivity index (χ2n) is 6.86. The molecule has 1 aromatic carbocycles. The quantitative estimate of drug-likeness (QED) is 0.287. The van der Waals surface area contributed by atoms with Gasteiger partial charge in [-0.25, -0.2) is 4.79 Å². The van der Waals surface area contributed by atoms with Crippen LogP contribution in [0.5, 0.6) is 0 Å². The van der Waals surface area contributed by atoms with Gasteiger partial charge in [-0.15, -0.1) is 0 Å². The monoisotopic (exact) mass is 422 g/mol. The van der Waals surface area contributed by atoms with E-state index in [1.807, 2.05) is 0 Å². The second-order valence-corrected chi connectivity index (χ2v) is 7.29. The highest BCUT2D eigenvalue weighted by atomic mass is 35.5. The molecule has 0 heterocycles. The summed E-state index contributed by atoms with van der Waals surface area (Å²) in [6, 6.07) is 5.30. The van der Waals surface area contributed by atoms with Gasteiger partial charge in [0.15, 0.2) is 5.41 Å². The van der Waals surface area contributed by atoms with Gasteiger partial charge in [0.05, 0.1) is 19.8 Å².